The van der Waals surface area contributed by atoms with Crippen molar-refractivity contribution in [3.05, 3.63) is 47.5 Å². The topological polar surface area (TPSA) is 77.8 Å². The van der Waals surface area contributed by atoms with Crippen LogP contribution in [0.1, 0.15) is 0 Å². The van der Waals surface area contributed by atoms with E-state index < -0.39 is 0 Å². The Labute approximate surface area is 115 Å². The summed E-state index contributed by atoms with van der Waals surface area (Å²) in [6, 6.07) is 13.4. The SMILES string of the molecule is Nc1nc(N)c2cc(-c3ccc(Cl)cc3)ccc2n1. The van der Waals surface area contributed by atoms with E-state index in [4.69, 9.17) is 23.1 Å². The van der Waals surface area contributed by atoms with Gasteiger partial charge in [0.25, 0.3) is 0 Å². The molecule has 0 bridgehead atoms. The summed E-state index contributed by atoms with van der Waals surface area (Å²) in [6.45, 7) is 0. The highest BCUT2D eigenvalue weighted by atomic mass is 35.5. The highest BCUT2D eigenvalue weighted by molar-refractivity contribution is 6.30. The predicted molar refractivity (Wildman–Crippen MR) is 78.8 cm³/mol. The molecule has 0 aliphatic rings. The summed E-state index contributed by atoms with van der Waals surface area (Å²) >= 11 is 5.88. The van der Waals surface area contributed by atoms with Crippen LogP contribution in [0.4, 0.5) is 11.8 Å². The fourth-order valence-electron chi connectivity index (χ4n) is 1.99. The maximum atomic E-state index is 5.88. The lowest BCUT2D eigenvalue weighted by molar-refractivity contribution is 1.25. The zero-order valence-electron chi connectivity index (χ0n) is 9.97. The molecule has 1 aromatic heterocycles. The highest BCUT2D eigenvalue weighted by Crippen LogP contribution is 2.27. The van der Waals surface area contributed by atoms with Crippen molar-refractivity contribution in [2.75, 3.05) is 11.5 Å². The van der Waals surface area contributed by atoms with Gasteiger partial charge in [-0.3, -0.25) is 0 Å². The van der Waals surface area contributed by atoms with Gasteiger partial charge in [-0.25, -0.2) is 4.98 Å². The first-order chi connectivity index (χ1) is 9.13. The Balaban J connectivity index is 2.19. The van der Waals surface area contributed by atoms with Crippen LogP contribution in [0.15, 0.2) is 42.5 Å². The van der Waals surface area contributed by atoms with Crippen LogP contribution in [0, 0.1) is 0 Å². The lowest BCUT2D eigenvalue weighted by atomic mass is 10.0. The Hall–Kier alpha value is -2.33. The van der Waals surface area contributed by atoms with Crippen molar-refractivity contribution in [1.82, 2.24) is 9.97 Å². The van der Waals surface area contributed by atoms with E-state index in [1.807, 2.05) is 42.5 Å². The number of nitrogen functional groups attached to an aromatic ring is 2. The lowest BCUT2D eigenvalue weighted by Crippen LogP contribution is -2.00. The quantitative estimate of drug-likeness (QED) is 0.712. The minimum Gasteiger partial charge on any atom is -0.383 e. The van der Waals surface area contributed by atoms with Crippen molar-refractivity contribution in [1.29, 1.82) is 0 Å². The molecule has 0 unspecified atom stereocenters. The molecule has 0 atom stereocenters. The normalized spacial score (nSPS) is 10.8. The Kier molecular flexibility index (Phi) is 2.72. The zero-order chi connectivity index (χ0) is 13.4. The van der Waals surface area contributed by atoms with Gasteiger partial charge in [0.2, 0.25) is 5.95 Å². The van der Waals surface area contributed by atoms with E-state index in [2.05, 4.69) is 9.97 Å². The second-order valence-corrected chi connectivity index (χ2v) is 4.64. The molecule has 0 aliphatic heterocycles. The zero-order valence-corrected chi connectivity index (χ0v) is 10.7. The van der Waals surface area contributed by atoms with Gasteiger partial charge in [0, 0.05) is 10.4 Å². The van der Waals surface area contributed by atoms with E-state index in [1.54, 1.807) is 0 Å². The predicted octanol–water partition coefficient (Wildman–Crippen LogP) is 3.11. The third-order valence-corrected chi connectivity index (χ3v) is 3.17. The second-order valence-electron chi connectivity index (χ2n) is 4.21. The first-order valence-corrected chi connectivity index (χ1v) is 6.10. The van der Waals surface area contributed by atoms with Gasteiger partial charge in [-0.1, -0.05) is 29.8 Å². The van der Waals surface area contributed by atoms with Gasteiger partial charge in [-0.05, 0) is 35.4 Å². The molecule has 0 saturated carbocycles. The van der Waals surface area contributed by atoms with E-state index in [0.29, 0.717) is 10.8 Å². The Morgan fingerprint density at radius 2 is 1.53 bits per heavy atom. The van der Waals surface area contributed by atoms with Crippen molar-refractivity contribution < 1.29 is 0 Å². The van der Waals surface area contributed by atoms with E-state index >= 15 is 0 Å². The summed E-state index contributed by atoms with van der Waals surface area (Å²) in [7, 11) is 0. The molecule has 0 aliphatic carbocycles. The van der Waals surface area contributed by atoms with Gasteiger partial charge in [-0.15, -0.1) is 0 Å². The van der Waals surface area contributed by atoms with Crippen LogP contribution < -0.4 is 11.5 Å². The number of benzene rings is 2. The molecule has 2 aromatic carbocycles. The summed E-state index contributed by atoms with van der Waals surface area (Å²) in [5, 5.41) is 1.50. The van der Waals surface area contributed by atoms with Crippen LogP contribution in [-0.2, 0) is 0 Å². The standard InChI is InChI=1S/C14H11ClN4/c15-10-4-1-8(2-5-10)9-3-6-12-11(7-9)13(16)19-14(17)18-12/h1-7H,(H4,16,17,18,19). The van der Waals surface area contributed by atoms with Crippen LogP contribution in [0.25, 0.3) is 22.0 Å². The van der Waals surface area contributed by atoms with Gasteiger partial charge in [0.15, 0.2) is 0 Å². The summed E-state index contributed by atoms with van der Waals surface area (Å²) in [4.78, 5) is 8.12. The Morgan fingerprint density at radius 3 is 2.26 bits per heavy atom. The van der Waals surface area contributed by atoms with Crippen molar-refractivity contribution in [2.24, 2.45) is 0 Å². The average molecular weight is 271 g/mol. The molecular formula is C14H11ClN4. The molecule has 0 amide bonds. The van der Waals surface area contributed by atoms with Gasteiger partial charge in [0.1, 0.15) is 5.82 Å². The maximum Gasteiger partial charge on any atom is 0.222 e. The summed E-state index contributed by atoms with van der Waals surface area (Å²) in [5.74, 6) is 0.572. The number of halogens is 1. The van der Waals surface area contributed by atoms with E-state index in [1.165, 1.54) is 0 Å². The molecule has 4 nitrogen and oxygen atoms in total. The smallest absolute Gasteiger partial charge is 0.222 e. The second kappa shape index (κ2) is 4.40. The van der Waals surface area contributed by atoms with Crippen molar-refractivity contribution in [2.45, 2.75) is 0 Å². The monoisotopic (exact) mass is 270 g/mol. The molecule has 3 rings (SSSR count). The number of rotatable bonds is 1. The summed E-state index contributed by atoms with van der Waals surface area (Å²) in [5.41, 5.74) is 14.3. The number of hydrogen-bond donors (Lipinski definition) is 2. The number of fused-ring (bicyclic) bond motifs is 1. The number of anilines is 2. The van der Waals surface area contributed by atoms with Crippen LogP contribution in [0.5, 0.6) is 0 Å². The Morgan fingerprint density at radius 1 is 0.842 bits per heavy atom. The lowest BCUT2D eigenvalue weighted by Gasteiger charge is -2.06. The van der Waals surface area contributed by atoms with Gasteiger partial charge < -0.3 is 11.5 Å². The average Bonchev–Trinajstić information content (AvgIpc) is 2.39. The molecule has 1 heterocycles. The first kappa shape index (κ1) is 11.7. The molecule has 94 valence electrons. The van der Waals surface area contributed by atoms with Gasteiger partial charge in [0.05, 0.1) is 5.52 Å². The molecule has 0 radical (unpaired) electrons. The first-order valence-electron chi connectivity index (χ1n) is 5.72. The molecule has 0 fully saturated rings. The largest absolute Gasteiger partial charge is 0.383 e. The van der Waals surface area contributed by atoms with E-state index in [0.717, 1.165) is 22.0 Å². The van der Waals surface area contributed by atoms with E-state index in [9.17, 15) is 0 Å². The number of hydrogen-bond acceptors (Lipinski definition) is 4. The number of nitrogens with zero attached hydrogens (tertiary/aromatic N) is 2. The highest BCUT2D eigenvalue weighted by Gasteiger charge is 2.05. The molecular weight excluding hydrogens is 260 g/mol. The maximum absolute atomic E-state index is 5.88. The molecule has 4 N–H and O–H groups in total. The van der Waals surface area contributed by atoms with Crippen LogP contribution in [-0.4, -0.2) is 9.97 Å². The molecule has 19 heavy (non-hydrogen) atoms. The molecule has 0 saturated heterocycles. The molecule has 3 aromatic rings. The van der Waals surface area contributed by atoms with Gasteiger partial charge >= 0.3 is 0 Å². The fraction of sp³-hybridized carbons (Fsp3) is 0. The van der Waals surface area contributed by atoms with E-state index in [-0.39, 0.29) is 5.95 Å². The van der Waals surface area contributed by atoms with Crippen molar-refractivity contribution >= 4 is 34.3 Å². The fourth-order valence-corrected chi connectivity index (χ4v) is 2.12. The summed E-state index contributed by atoms with van der Waals surface area (Å²) < 4.78 is 0. The number of nitrogens with two attached hydrogens (primary N) is 2. The van der Waals surface area contributed by atoms with Crippen LogP contribution >= 0.6 is 11.6 Å². The van der Waals surface area contributed by atoms with Crippen molar-refractivity contribution in [3.63, 3.8) is 0 Å². The number of aromatic nitrogens is 2. The Bertz CT molecular complexity index is 753. The van der Waals surface area contributed by atoms with Crippen LogP contribution in [0.2, 0.25) is 5.02 Å². The minimum atomic E-state index is 0.184. The van der Waals surface area contributed by atoms with Gasteiger partial charge in [-0.2, -0.15) is 4.98 Å². The third kappa shape index (κ3) is 2.18. The molecule has 0 spiro atoms. The molecule has 5 heteroatoms. The van der Waals surface area contributed by atoms with Crippen molar-refractivity contribution in [3.8, 4) is 11.1 Å². The minimum absolute atomic E-state index is 0.184. The summed E-state index contributed by atoms with van der Waals surface area (Å²) in [6.07, 6.45) is 0. The third-order valence-electron chi connectivity index (χ3n) is 2.92. The van der Waals surface area contributed by atoms with Crippen LogP contribution in [0.3, 0.4) is 0 Å².